The summed E-state index contributed by atoms with van der Waals surface area (Å²) in [6.07, 6.45) is 0. The number of benzene rings is 4. The molecule has 4 aromatic carbocycles. The van der Waals surface area contributed by atoms with Gasteiger partial charge in [-0.15, -0.1) is 17.1 Å². The molecule has 312 valence electrons. The van der Waals surface area contributed by atoms with Crippen molar-refractivity contribution in [1.82, 2.24) is 4.98 Å². The molecule has 0 aliphatic rings. The van der Waals surface area contributed by atoms with Gasteiger partial charge in [-0.3, -0.25) is 0 Å². The molecule has 5 rings (SSSR count). The zero-order chi connectivity index (χ0) is 41.9. The van der Waals surface area contributed by atoms with E-state index in [1.54, 1.807) is 6.07 Å². The molecule has 0 bridgehead atoms. The first-order valence-electron chi connectivity index (χ1n) is 19.5. The van der Waals surface area contributed by atoms with Gasteiger partial charge in [-0.05, 0) is 66.9 Å². The van der Waals surface area contributed by atoms with Gasteiger partial charge in [-0.1, -0.05) is 184 Å². The average molecular weight is 857 g/mol. The van der Waals surface area contributed by atoms with Crippen LogP contribution >= 0.6 is 0 Å². The van der Waals surface area contributed by atoms with E-state index in [9.17, 15) is 10.2 Å². The number of para-hydroxylation sites is 1. The molecule has 7 nitrogen and oxygen atoms in total. The van der Waals surface area contributed by atoms with E-state index in [0.717, 1.165) is 44.5 Å². The second-order valence-electron chi connectivity index (χ2n) is 21.3. The van der Waals surface area contributed by atoms with Crippen molar-refractivity contribution < 1.29 is 41.2 Å². The molecule has 0 spiro atoms. The molecule has 0 unspecified atom stereocenters. The Bertz CT molecular complexity index is 2180. The van der Waals surface area contributed by atoms with Crippen LogP contribution in [-0.4, -0.2) is 4.98 Å². The fraction of sp³-hybridized carbons (Fsp3) is 0.490. The molecular weight excluding hydrogens is 790 g/mol. The number of nitrogen functional groups attached to an aromatic ring is 1. The molecule has 0 saturated heterocycles. The number of fused-ring (bicyclic) bond motifs is 1. The molecule has 57 heavy (non-hydrogen) atoms. The predicted octanol–water partition coefficient (Wildman–Crippen LogP) is 12.9. The Labute approximate surface area is 357 Å². The van der Waals surface area contributed by atoms with Crippen LogP contribution in [0.2, 0.25) is 0 Å². The first-order valence-corrected chi connectivity index (χ1v) is 19.5. The molecular formula is C49H66MoN3O4-5. The first kappa shape index (κ1) is 49.3. The van der Waals surface area contributed by atoms with Crippen molar-refractivity contribution in [2.24, 2.45) is 0 Å². The summed E-state index contributed by atoms with van der Waals surface area (Å²) in [7, 11) is 0. The van der Waals surface area contributed by atoms with E-state index in [-0.39, 0.29) is 70.5 Å². The smallest absolute Gasteiger partial charge is 0.226 e. The van der Waals surface area contributed by atoms with Gasteiger partial charge in [0.15, 0.2) is 5.58 Å². The van der Waals surface area contributed by atoms with Crippen LogP contribution in [0.4, 0.5) is 17.1 Å². The topological polar surface area (TPSA) is 141 Å². The summed E-state index contributed by atoms with van der Waals surface area (Å²) >= 11 is 0. The molecule has 0 radical (unpaired) electrons. The van der Waals surface area contributed by atoms with Crippen molar-refractivity contribution in [3.05, 3.63) is 99.4 Å². The van der Waals surface area contributed by atoms with Crippen molar-refractivity contribution in [2.45, 2.75) is 157 Å². The molecule has 0 fully saturated rings. The Balaban J connectivity index is 0.000000527. The number of nitrogens with two attached hydrogens (primary N) is 1. The maximum Gasteiger partial charge on any atom is 0.226 e. The number of hydrogen-bond donors (Lipinski definition) is 1. The summed E-state index contributed by atoms with van der Waals surface area (Å²) in [5, 5.41) is 30.6. The van der Waals surface area contributed by atoms with Gasteiger partial charge in [0.25, 0.3) is 0 Å². The number of anilines is 1. The fourth-order valence-electron chi connectivity index (χ4n) is 6.35. The minimum Gasteiger partial charge on any atom is -2.00 e. The van der Waals surface area contributed by atoms with Crippen LogP contribution in [0.25, 0.3) is 27.9 Å². The SMILES string of the molecule is CC(C)(C)c1cc(N)c([O-])c(C(C)(C)C)c1.CC(C)(C)c1cc([N-]c2ccccc2-c2nc3cc(C(C)(C)C)cc(C(C)(C)C)c3o2)c([O-])c(C(C)(C)C)c1.[Mo].[O-2]. The Hall–Kier alpha value is -3.80. The second kappa shape index (κ2) is 16.8. The molecule has 2 N–H and O–H groups in total. The number of hydrogen-bond acceptors (Lipinski definition) is 5. The van der Waals surface area contributed by atoms with Gasteiger partial charge >= 0.3 is 0 Å². The average Bonchev–Trinajstić information content (AvgIpc) is 3.44. The molecule has 1 aromatic heterocycles. The van der Waals surface area contributed by atoms with Gasteiger partial charge in [0.05, 0.1) is 0 Å². The summed E-state index contributed by atoms with van der Waals surface area (Å²) < 4.78 is 6.49. The monoisotopic (exact) mass is 858 g/mol. The summed E-state index contributed by atoms with van der Waals surface area (Å²) in [5.41, 5.74) is 15.1. The number of aromatic nitrogens is 1. The molecule has 0 amide bonds. The Morgan fingerprint density at radius 2 is 0.947 bits per heavy atom. The fourth-order valence-corrected chi connectivity index (χ4v) is 6.35. The Kier molecular flexibility index (Phi) is 14.6. The van der Waals surface area contributed by atoms with E-state index in [0.29, 0.717) is 23.0 Å². The number of oxazole rings is 1. The van der Waals surface area contributed by atoms with Gasteiger partial charge in [0.1, 0.15) is 5.52 Å². The van der Waals surface area contributed by atoms with E-state index in [1.165, 1.54) is 5.56 Å². The zero-order valence-corrected chi connectivity index (χ0v) is 39.8. The third kappa shape index (κ3) is 11.4. The van der Waals surface area contributed by atoms with Crippen LogP contribution in [0.5, 0.6) is 11.5 Å². The van der Waals surface area contributed by atoms with E-state index in [4.69, 9.17) is 20.5 Å². The van der Waals surface area contributed by atoms with Crippen molar-refractivity contribution >= 4 is 28.2 Å². The van der Waals surface area contributed by atoms with Crippen molar-refractivity contribution in [1.29, 1.82) is 0 Å². The third-order valence-corrected chi connectivity index (χ3v) is 10.1. The third-order valence-electron chi connectivity index (χ3n) is 10.1. The van der Waals surface area contributed by atoms with E-state index in [1.807, 2.05) is 57.2 Å². The molecule has 1 heterocycles. The van der Waals surface area contributed by atoms with E-state index in [2.05, 4.69) is 122 Å². The van der Waals surface area contributed by atoms with Crippen molar-refractivity contribution in [3.8, 4) is 23.0 Å². The maximum absolute atomic E-state index is 13.6. The first-order chi connectivity index (χ1) is 24.8. The van der Waals surface area contributed by atoms with Crippen LogP contribution < -0.4 is 15.9 Å². The molecule has 0 aliphatic carbocycles. The number of rotatable bonds is 3. The molecule has 0 aliphatic heterocycles. The van der Waals surface area contributed by atoms with E-state index >= 15 is 0 Å². The normalized spacial score (nSPS) is 12.7. The number of nitrogens with zero attached hydrogens (tertiary/aromatic N) is 2. The minimum atomic E-state index is -0.295. The largest absolute Gasteiger partial charge is 2.00 e. The van der Waals surface area contributed by atoms with Crippen LogP contribution in [0.1, 0.15) is 158 Å². The minimum absolute atomic E-state index is 0. The van der Waals surface area contributed by atoms with Crippen LogP contribution in [-0.2, 0) is 59.0 Å². The predicted molar refractivity (Wildman–Crippen MR) is 231 cm³/mol. The maximum atomic E-state index is 13.6. The van der Waals surface area contributed by atoms with Gasteiger partial charge < -0.3 is 31.2 Å². The standard InChI is InChI=1S/C35H45N2O2.C14H23NO.Mo.O/c1-32(2,3)21-17-24(34(7,8)9)29(38)27(19-21)36-26-16-14-13-15-23(26)31-37-28-20-22(33(4,5)6)18-25(30(28)39-31)35(10,11)12;1-13(2,3)9-7-10(14(4,5)6)12(16)11(15)8-9;;/h13-20H,1-12H3,(H-,36,37,38);7-8,16H,15H2,1-6H3;;/q-1;;;-2/p-2. The molecule has 0 saturated carbocycles. The van der Waals surface area contributed by atoms with Crippen LogP contribution in [0.3, 0.4) is 0 Å². The van der Waals surface area contributed by atoms with Gasteiger partial charge in [0, 0.05) is 37.9 Å². The van der Waals surface area contributed by atoms with Crippen molar-refractivity contribution in [3.63, 3.8) is 0 Å². The summed E-state index contributed by atoms with van der Waals surface area (Å²) in [6, 6.07) is 20.0. The summed E-state index contributed by atoms with van der Waals surface area (Å²) in [6.45, 7) is 38.4. The summed E-state index contributed by atoms with van der Waals surface area (Å²) in [4.78, 5) is 4.96. The second-order valence-corrected chi connectivity index (χ2v) is 21.3. The van der Waals surface area contributed by atoms with E-state index < -0.39 is 0 Å². The summed E-state index contributed by atoms with van der Waals surface area (Å²) in [5.74, 6) is 0.449. The van der Waals surface area contributed by atoms with Gasteiger partial charge in [-0.25, -0.2) is 4.98 Å². The quantitative estimate of drug-likeness (QED) is 0.142. The molecule has 8 heteroatoms. The van der Waals surface area contributed by atoms with Crippen LogP contribution in [0.15, 0.2) is 65.1 Å². The van der Waals surface area contributed by atoms with Crippen molar-refractivity contribution in [2.75, 3.05) is 5.73 Å². The van der Waals surface area contributed by atoms with Crippen LogP contribution in [0, 0.1) is 0 Å². The van der Waals surface area contributed by atoms with Gasteiger partial charge in [0.2, 0.25) is 5.89 Å². The molecule has 0 atom stereocenters. The van der Waals surface area contributed by atoms with Gasteiger partial charge in [-0.2, -0.15) is 0 Å². The molecule has 5 aromatic rings. The Morgan fingerprint density at radius 1 is 0.526 bits per heavy atom. The Morgan fingerprint density at radius 3 is 1.42 bits per heavy atom. The zero-order valence-electron chi connectivity index (χ0n) is 37.8.